The molecule has 3 heterocycles. The van der Waals surface area contributed by atoms with Gasteiger partial charge in [0.05, 0.1) is 17.3 Å². The fourth-order valence-electron chi connectivity index (χ4n) is 4.58. The first-order valence-electron chi connectivity index (χ1n) is 10.9. The zero-order valence-corrected chi connectivity index (χ0v) is 18.8. The number of hydrogen-bond donors (Lipinski definition) is 2. The summed E-state index contributed by atoms with van der Waals surface area (Å²) in [5.74, 6) is 0.0798. The van der Waals surface area contributed by atoms with E-state index < -0.39 is 11.9 Å². The highest BCUT2D eigenvalue weighted by atomic mass is 35.5. The first-order chi connectivity index (χ1) is 16.0. The molecule has 8 nitrogen and oxygen atoms in total. The summed E-state index contributed by atoms with van der Waals surface area (Å²) in [6.07, 6.45) is 2.69. The molecule has 2 aliphatic rings. The van der Waals surface area contributed by atoms with Crippen molar-refractivity contribution in [1.29, 1.82) is 0 Å². The van der Waals surface area contributed by atoms with E-state index in [4.69, 9.17) is 22.3 Å². The molecule has 168 valence electrons. The van der Waals surface area contributed by atoms with Crippen LogP contribution >= 0.6 is 11.6 Å². The quantitative estimate of drug-likeness (QED) is 0.622. The highest BCUT2D eigenvalue weighted by molar-refractivity contribution is 6.35. The highest BCUT2D eigenvalue weighted by Gasteiger charge is 2.33. The van der Waals surface area contributed by atoms with Gasteiger partial charge in [-0.2, -0.15) is 0 Å². The normalized spacial score (nSPS) is 20.1. The molecule has 2 atom stereocenters. The minimum Gasteiger partial charge on any atom is -0.367 e. The molecule has 3 N–H and O–H groups in total. The molecular weight excluding hydrogens is 440 g/mol. The van der Waals surface area contributed by atoms with Crippen molar-refractivity contribution in [1.82, 2.24) is 20.1 Å². The predicted molar refractivity (Wildman–Crippen MR) is 125 cm³/mol. The van der Waals surface area contributed by atoms with Crippen LogP contribution in [0.4, 0.5) is 0 Å². The van der Waals surface area contributed by atoms with E-state index in [2.05, 4.69) is 15.5 Å². The summed E-state index contributed by atoms with van der Waals surface area (Å²) in [5.41, 5.74) is 9.33. The lowest BCUT2D eigenvalue weighted by Crippen LogP contribution is -2.27. The van der Waals surface area contributed by atoms with Crippen LogP contribution < -0.4 is 11.1 Å². The zero-order chi connectivity index (χ0) is 23.1. The van der Waals surface area contributed by atoms with E-state index in [0.29, 0.717) is 34.5 Å². The SMILES string of the molecule is Cc1nnc2n1-c1ccc(C3CCCCNC3=O)cc1C(c1ccccc1Cl)=N[C@@H]2C(N)=O. The number of nitrogens with one attached hydrogen (secondary N) is 1. The Balaban J connectivity index is 1.78. The number of rotatable bonds is 3. The van der Waals surface area contributed by atoms with E-state index in [0.717, 1.165) is 36.1 Å². The third-order valence-electron chi connectivity index (χ3n) is 6.21. The summed E-state index contributed by atoms with van der Waals surface area (Å²) in [4.78, 5) is 30.0. The van der Waals surface area contributed by atoms with Gasteiger partial charge in [-0.15, -0.1) is 10.2 Å². The maximum Gasteiger partial charge on any atom is 0.250 e. The maximum atomic E-state index is 12.8. The van der Waals surface area contributed by atoms with Gasteiger partial charge >= 0.3 is 0 Å². The van der Waals surface area contributed by atoms with Gasteiger partial charge in [-0.1, -0.05) is 42.3 Å². The average molecular weight is 463 g/mol. The number of primary amides is 1. The Morgan fingerprint density at radius 2 is 1.97 bits per heavy atom. The molecule has 2 aliphatic heterocycles. The molecular formula is C24H23ClN6O2. The molecule has 2 amide bonds. The standard InChI is InChI=1S/C24H23ClN6O2/c1-13-29-30-23-21(22(26)32)28-20(16-7-2-3-8-18(16)25)17-12-14(9-10-19(17)31(13)23)15-6-4-5-11-27-24(15)33/h2-3,7-10,12,15,21H,4-6,11H2,1H3,(H2,26,32)(H,27,33)/t15?,21-/m1/s1. The van der Waals surface area contributed by atoms with E-state index in [1.165, 1.54) is 0 Å². The van der Waals surface area contributed by atoms with Crippen LogP contribution in [0, 0.1) is 6.92 Å². The lowest BCUT2D eigenvalue weighted by Gasteiger charge is -2.18. The number of hydrogen-bond acceptors (Lipinski definition) is 5. The number of fused-ring (bicyclic) bond motifs is 3. The zero-order valence-electron chi connectivity index (χ0n) is 18.1. The van der Waals surface area contributed by atoms with Crippen molar-refractivity contribution in [3.8, 4) is 5.69 Å². The number of nitrogens with zero attached hydrogens (tertiary/aromatic N) is 4. The molecule has 33 heavy (non-hydrogen) atoms. The van der Waals surface area contributed by atoms with Gasteiger partial charge < -0.3 is 11.1 Å². The Bertz CT molecular complexity index is 1300. The van der Waals surface area contributed by atoms with Gasteiger partial charge in [0.15, 0.2) is 11.9 Å². The molecule has 0 aliphatic carbocycles. The van der Waals surface area contributed by atoms with Gasteiger partial charge in [-0.05, 0) is 43.5 Å². The molecule has 0 spiro atoms. The van der Waals surface area contributed by atoms with Crippen molar-refractivity contribution in [2.45, 2.75) is 38.1 Å². The van der Waals surface area contributed by atoms with Crippen molar-refractivity contribution in [3.63, 3.8) is 0 Å². The lowest BCUT2D eigenvalue weighted by molar-refractivity contribution is -0.122. The Morgan fingerprint density at radius 3 is 2.76 bits per heavy atom. The summed E-state index contributed by atoms with van der Waals surface area (Å²) in [5, 5.41) is 11.9. The Labute approximate surface area is 195 Å². The highest BCUT2D eigenvalue weighted by Crippen LogP contribution is 2.35. The smallest absolute Gasteiger partial charge is 0.250 e. The Kier molecular flexibility index (Phi) is 5.46. The van der Waals surface area contributed by atoms with Gasteiger partial charge in [-0.25, -0.2) is 0 Å². The van der Waals surface area contributed by atoms with Crippen LogP contribution in [0.1, 0.15) is 59.6 Å². The number of carbonyl (C=O) groups is 2. The van der Waals surface area contributed by atoms with Gasteiger partial charge in [0.25, 0.3) is 0 Å². The summed E-state index contributed by atoms with van der Waals surface area (Å²) in [7, 11) is 0. The number of aliphatic imine (C=N–C) groups is 1. The van der Waals surface area contributed by atoms with Crippen LogP contribution in [-0.2, 0) is 9.59 Å². The van der Waals surface area contributed by atoms with Crippen molar-refractivity contribution in [2.24, 2.45) is 10.7 Å². The van der Waals surface area contributed by atoms with E-state index in [1.54, 1.807) is 10.6 Å². The maximum absolute atomic E-state index is 12.8. The van der Waals surface area contributed by atoms with Crippen LogP contribution in [0.5, 0.6) is 0 Å². The molecule has 1 aromatic heterocycles. The molecule has 1 saturated heterocycles. The number of amides is 2. The molecule has 1 fully saturated rings. The number of aromatic nitrogens is 3. The summed E-state index contributed by atoms with van der Waals surface area (Å²) in [6.45, 7) is 2.50. The van der Waals surface area contributed by atoms with Crippen molar-refractivity contribution >= 4 is 29.1 Å². The second kappa shape index (κ2) is 8.44. The Hall–Kier alpha value is -3.52. The average Bonchev–Trinajstić information content (AvgIpc) is 2.96. The fourth-order valence-corrected chi connectivity index (χ4v) is 4.81. The molecule has 0 radical (unpaired) electrons. The van der Waals surface area contributed by atoms with Crippen molar-refractivity contribution in [3.05, 3.63) is 75.8 Å². The molecule has 5 rings (SSSR count). The fraction of sp³-hybridized carbons (Fsp3) is 0.292. The number of carbonyl (C=O) groups excluding carboxylic acids is 2. The molecule has 1 unspecified atom stereocenters. The second-order valence-electron chi connectivity index (χ2n) is 8.32. The molecule has 2 aromatic carbocycles. The van der Waals surface area contributed by atoms with Crippen LogP contribution in [0.3, 0.4) is 0 Å². The first kappa shape index (κ1) is 21.3. The summed E-state index contributed by atoms with van der Waals surface area (Å²) >= 11 is 6.56. The topological polar surface area (TPSA) is 115 Å². The van der Waals surface area contributed by atoms with E-state index in [-0.39, 0.29) is 11.8 Å². The van der Waals surface area contributed by atoms with Gasteiger partial charge in [0.2, 0.25) is 11.8 Å². The van der Waals surface area contributed by atoms with Crippen LogP contribution in [0.15, 0.2) is 47.5 Å². The molecule has 0 saturated carbocycles. The Morgan fingerprint density at radius 1 is 1.15 bits per heavy atom. The second-order valence-corrected chi connectivity index (χ2v) is 8.73. The van der Waals surface area contributed by atoms with E-state index in [1.807, 2.05) is 43.3 Å². The number of aryl methyl sites for hydroxylation is 1. The third-order valence-corrected chi connectivity index (χ3v) is 6.54. The molecule has 0 bridgehead atoms. The largest absolute Gasteiger partial charge is 0.367 e. The minimum atomic E-state index is -1.03. The number of halogens is 1. The monoisotopic (exact) mass is 462 g/mol. The summed E-state index contributed by atoms with van der Waals surface area (Å²) in [6, 6.07) is 12.1. The minimum absolute atomic E-state index is 0.0217. The van der Waals surface area contributed by atoms with Gasteiger partial charge in [0, 0.05) is 22.7 Å². The van der Waals surface area contributed by atoms with Crippen molar-refractivity contribution in [2.75, 3.05) is 6.54 Å². The summed E-state index contributed by atoms with van der Waals surface area (Å²) < 4.78 is 1.80. The van der Waals surface area contributed by atoms with Gasteiger partial charge in [0.1, 0.15) is 5.82 Å². The van der Waals surface area contributed by atoms with Gasteiger partial charge in [-0.3, -0.25) is 19.1 Å². The molecule has 3 aromatic rings. The van der Waals surface area contributed by atoms with E-state index >= 15 is 0 Å². The molecule has 9 heteroatoms. The van der Waals surface area contributed by atoms with Crippen molar-refractivity contribution < 1.29 is 9.59 Å². The van der Waals surface area contributed by atoms with E-state index in [9.17, 15) is 9.59 Å². The number of benzene rings is 2. The third kappa shape index (κ3) is 3.70. The van der Waals surface area contributed by atoms with Crippen LogP contribution in [-0.4, -0.2) is 38.8 Å². The lowest BCUT2D eigenvalue weighted by atomic mass is 9.90. The van der Waals surface area contributed by atoms with Crippen LogP contribution in [0.2, 0.25) is 5.02 Å². The van der Waals surface area contributed by atoms with Crippen LogP contribution in [0.25, 0.3) is 5.69 Å². The predicted octanol–water partition coefficient (Wildman–Crippen LogP) is 2.99. The first-order valence-corrected chi connectivity index (χ1v) is 11.3. The number of nitrogens with two attached hydrogens (primary N) is 1.